The smallest absolute Gasteiger partial charge is 0.363 e. The zero-order valence-corrected chi connectivity index (χ0v) is 15.5. The van der Waals surface area contributed by atoms with Gasteiger partial charge in [0.05, 0.1) is 6.54 Å². The highest BCUT2D eigenvalue weighted by molar-refractivity contribution is 5.77. The Hall–Kier alpha value is -2.10. The molecule has 0 unspecified atom stereocenters. The number of nitrogens with zero attached hydrogens (tertiary/aromatic N) is 5. The van der Waals surface area contributed by atoms with Gasteiger partial charge in [-0.25, -0.2) is 4.98 Å². The van der Waals surface area contributed by atoms with Gasteiger partial charge in [-0.15, -0.1) is 0 Å². The molecule has 0 radical (unpaired) electrons. The molecule has 1 fully saturated rings. The van der Waals surface area contributed by atoms with E-state index in [2.05, 4.69) is 15.3 Å². The number of anilines is 2. The molecule has 1 aliphatic heterocycles. The summed E-state index contributed by atoms with van der Waals surface area (Å²) < 4.78 is 39.1. The van der Waals surface area contributed by atoms with Crippen molar-refractivity contribution in [1.82, 2.24) is 19.8 Å². The summed E-state index contributed by atoms with van der Waals surface area (Å²) in [5.74, 6) is 0.212. The molecule has 0 saturated carbocycles. The molecule has 1 amide bonds. The fourth-order valence-electron chi connectivity index (χ4n) is 2.62. The Balaban J connectivity index is 2.01. The van der Waals surface area contributed by atoms with Gasteiger partial charge in [-0.05, 0) is 12.8 Å². The van der Waals surface area contributed by atoms with E-state index >= 15 is 0 Å². The van der Waals surface area contributed by atoms with Crippen molar-refractivity contribution in [3.05, 3.63) is 11.8 Å². The quantitative estimate of drug-likeness (QED) is 0.843. The maximum Gasteiger partial charge on any atom is 0.433 e. The fraction of sp³-hybridized carbons (Fsp3) is 0.688. The number of alkyl halides is 3. The predicted molar refractivity (Wildman–Crippen MR) is 93.1 cm³/mol. The number of carbonyl (C=O) groups is 1. The number of nitrogens with one attached hydrogen (secondary N) is 1. The Kier molecular flexibility index (Phi) is 6.27. The maximum absolute atomic E-state index is 13.0. The lowest BCUT2D eigenvalue weighted by Crippen LogP contribution is -2.44. The molecule has 1 N–H and O–H groups in total. The second kappa shape index (κ2) is 8.07. The number of hydrogen-bond acceptors (Lipinski definition) is 6. The number of halogens is 3. The molecule has 0 bridgehead atoms. The van der Waals surface area contributed by atoms with Crippen molar-refractivity contribution in [3.63, 3.8) is 0 Å². The van der Waals surface area contributed by atoms with Gasteiger partial charge in [0, 0.05) is 53.4 Å². The first kappa shape index (κ1) is 20.2. The van der Waals surface area contributed by atoms with Crippen molar-refractivity contribution >= 4 is 17.7 Å². The van der Waals surface area contributed by atoms with Crippen molar-refractivity contribution < 1.29 is 18.0 Å². The highest BCUT2D eigenvalue weighted by Crippen LogP contribution is 2.30. The monoisotopic (exact) mass is 374 g/mol. The minimum atomic E-state index is -4.53. The number of amides is 1. The van der Waals surface area contributed by atoms with Crippen LogP contribution in [0.15, 0.2) is 6.07 Å². The minimum absolute atomic E-state index is 0.0219. The standard InChI is InChI=1S/C16H25F3N6O/c1-23(2)13-9-12(16(17,18)19)21-15(22-13)20-11-5-7-25(8-6-11)10-14(26)24(3)4/h9,11H,5-8,10H2,1-4H3,(H,20,21,22). The molecule has 1 aromatic rings. The van der Waals surface area contributed by atoms with Gasteiger partial charge in [-0.3, -0.25) is 9.69 Å². The van der Waals surface area contributed by atoms with Gasteiger partial charge in [0.2, 0.25) is 11.9 Å². The van der Waals surface area contributed by atoms with Gasteiger partial charge in [0.15, 0.2) is 5.69 Å². The summed E-state index contributed by atoms with van der Waals surface area (Å²) >= 11 is 0. The Labute approximate surface area is 151 Å². The number of piperidine rings is 1. The van der Waals surface area contributed by atoms with Crippen LogP contribution in [0.1, 0.15) is 18.5 Å². The lowest BCUT2D eigenvalue weighted by atomic mass is 10.1. The molecular formula is C16H25F3N6O. The third-order valence-electron chi connectivity index (χ3n) is 4.24. The van der Waals surface area contributed by atoms with E-state index in [1.165, 1.54) is 4.90 Å². The van der Waals surface area contributed by atoms with Crippen LogP contribution in [0.4, 0.5) is 24.9 Å². The van der Waals surface area contributed by atoms with Gasteiger partial charge in [0.1, 0.15) is 5.82 Å². The number of likely N-dealkylation sites (N-methyl/N-ethyl adjacent to an activating group) is 1. The van der Waals surface area contributed by atoms with Crippen molar-refractivity contribution in [2.75, 3.05) is 58.0 Å². The summed E-state index contributed by atoms with van der Waals surface area (Å²) in [5.41, 5.74) is -0.965. The molecule has 10 heteroatoms. The van der Waals surface area contributed by atoms with Crippen LogP contribution < -0.4 is 10.2 Å². The van der Waals surface area contributed by atoms with E-state index in [1.54, 1.807) is 33.1 Å². The van der Waals surface area contributed by atoms with Crippen LogP contribution in [0.2, 0.25) is 0 Å². The average Bonchev–Trinajstić information content (AvgIpc) is 2.55. The average molecular weight is 374 g/mol. The molecule has 1 saturated heterocycles. The highest BCUT2D eigenvalue weighted by atomic mass is 19.4. The number of rotatable bonds is 5. The number of carbonyl (C=O) groups excluding carboxylic acids is 1. The highest BCUT2D eigenvalue weighted by Gasteiger charge is 2.34. The van der Waals surface area contributed by atoms with Gasteiger partial charge < -0.3 is 15.1 Å². The summed E-state index contributed by atoms with van der Waals surface area (Å²) in [4.78, 5) is 24.6. The second-order valence-corrected chi connectivity index (χ2v) is 6.81. The van der Waals surface area contributed by atoms with Gasteiger partial charge >= 0.3 is 6.18 Å². The Morgan fingerprint density at radius 2 is 1.85 bits per heavy atom. The molecule has 0 aromatic carbocycles. The van der Waals surface area contributed by atoms with Crippen molar-refractivity contribution in [3.8, 4) is 0 Å². The summed E-state index contributed by atoms with van der Waals surface area (Å²) in [6.07, 6.45) is -3.12. The predicted octanol–water partition coefficient (Wildman–Crippen LogP) is 1.53. The van der Waals surface area contributed by atoms with Gasteiger partial charge in [0.25, 0.3) is 0 Å². The minimum Gasteiger partial charge on any atom is -0.363 e. The molecule has 26 heavy (non-hydrogen) atoms. The van der Waals surface area contributed by atoms with E-state index in [-0.39, 0.29) is 23.7 Å². The summed E-state index contributed by atoms with van der Waals surface area (Å²) in [7, 11) is 6.69. The number of likely N-dealkylation sites (tertiary alicyclic amines) is 1. The van der Waals surface area contributed by atoms with E-state index in [4.69, 9.17) is 0 Å². The summed E-state index contributed by atoms with van der Waals surface area (Å²) in [5, 5.41) is 3.01. The van der Waals surface area contributed by atoms with E-state index in [9.17, 15) is 18.0 Å². The van der Waals surface area contributed by atoms with Crippen molar-refractivity contribution in [1.29, 1.82) is 0 Å². The van der Waals surface area contributed by atoms with Crippen molar-refractivity contribution in [2.24, 2.45) is 0 Å². The fourth-order valence-corrected chi connectivity index (χ4v) is 2.62. The summed E-state index contributed by atoms with van der Waals surface area (Å²) in [6.45, 7) is 1.73. The van der Waals surface area contributed by atoms with Gasteiger partial charge in [-0.1, -0.05) is 0 Å². The number of hydrogen-bond donors (Lipinski definition) is 1. The zero-order valence-electron chi connectivity index (χ0n) is 15.5. The van der Waals surface area contributed by atoms with Crippen molar-refractivity contribution in [2.45, 2.75) is 25.1 Å². The molecule has 0 atom stereocenters. The largest absolute Gasteiger partial charge is 0.433 e. The van der Waals surface area contributed by atoms with Gasteiger partial charge in [-0.2, -0.15) is 18.2 Å². The lowest BCUT2D eigenvalue weighted by Gasteiger charge is -2.32. The summed E-state index contributed by atoms with van der Waals surface area (Å²) in [6, 6.07) is 0.903. The van der Waals surface area contributed by atoms with E-state index in [0.717, 1.165) is 6.07 Å². The maximum atomic E-state index is 13.0. The third kappa shape index (κ3) is 5.45. The second-order valence-electron chi connectivity index (χ2n) is 6.81. The molecule has 0 spiro atoms. The molecule has 0 aliphatic carbocycles. The Morgan fingerprint density at radius 1 is 1.23 bits per heavy atom. The van der Waals surface area contributed by atoms with Crippen LogP contribution in [-0.4, -0.2) is 79.5 Å². The third-order valence-corrected chi connectivity index (χ3v) is 4.24. The molecule has 1 aromatic heterocycles. The molecule has 1 aliphatic rings. The molecule has 2 heterocycles. The topological polar surface area (TPSA) is 64.6 Å². The normalized spacial score (nSPS) is 16.4. The lowest BCUT2D eigenvalue weighted by molar-refractivity contribution is -0.141. The van der Waals surface area contributed by atoms with E-state index in [1.807, 2.05) is 4.90 Å². The Morgan fingerprint density at radius 3 is 2.35 bits per heavy atom. The van der Waals surface area contributed by atoms with E-state index < -0.39 is 11.9 Å². The van der Waals surface area contributed by atoms with Crippen LogP contribution in [0.25, 0.3) is 0 Å². The molecule has 7 nitrogen and oxygen atoms in total. The Bertz CT molecular complexity index is 627. The van der Waals surface area contributed by atoms with E-state index in [0.29, 0.717) is 32.5 Å². The molecular weight excluding hydrogens is 349 g/mol. The first-order valence-electron chi connectivity index (χ1n) is 8.39. The molecule has 146 valence electrons. The van der Waals surface area contributed by atoms with Crippen LogP contribution >= 0.6 is 0 Å². The SMILES string of the molecule is CN(C)C(=O)CN1CCC(Nc2nc(N(C)C)cc(C(F)(F)F)n2)CC1. The zero-order chi connectivity index (χ0) is 19.5. The van der Waals surface area contributed by atoms with Crippen LogP contribution in [-0.2, 0) is 11.0 Å². The van der Waals surface area contributed by atoms with Crippen LogP contribution in [0.5, 0.6) is 0 Å². The van der Waals surface area contributed by atoms with Crippen LogP contribution in [0.3, 0.4) is 0 Å². The molecule has 2 rings (SSSR count). The first-order valence-corrected chi connectivity index (χ1v) is 8.39. The van der Waals surface area contributed by atoms with Crippen LogP contribution in [0, 0.1) is 0 Å². The first-order chi connectivity index (χ1) is 12.1. The number of aromatic nitrogens is 2.